The molecular weight excluding hydrogens is 450 g/mol. The maximum absolute atomic E-state index is 10.8. The second kappa shape index (κ2) is 12.6. The second-order valence-electron chi connectivity index (χ2n) is 8.90. The summed E-state index contributed by atoms with van der Waals surface area (Å²) in [5.41, 5.74) is 4.36. The quantitative estimate of drug-likeness (QED) is 0.457. The number of allylic oxidation sites excluding steroid dienone is 13. The van der Waals surface area contributed by atoms with E-state index in [4.69, 9.17) is 14.6 Å². The van der Waals surface area contributed by atoms with Gasteiger partial charge in [0.1, 0.15) is 18.1 Å². The highest BCUT2D eigenvalue weighted by Gasteiger charge is 2.18. The van der Waals surface area contributed by atoms with E-state index < -0.39 is 5.97 Å². The molecule has 5 heteroatoms. The number of rotatable bonds is 8. The van der Waals surface area contributed by atoms with Gasteiger partial charge in [-0.1, -0.05) is 55.4 Å². The Morgan fingerprint density at radius 2 is 2.06 bits per heavy atom. The van der Waals surface area contributed by atoms with E-state index in [1.54, 1.807) is 6.20 Å². The standard InChI is InChI=1S/C31H31NO4/c1-23-21-28(16-17-30(23)36-22-31(33)34)35-20-18-29(25-7-3-2-4-8-25)26-13-10-24(11-14-26)12-15-27-9-5-6-19-32-27/h3,5-10,13-14,16-19,23-24H,2,4,11,20-22H2,1H3,(H,33,34)/b29-18+/t23-,24-/m0/s1. The molecule has 2 atom stereocenters. The van der Waals surface area contributed by atoms with Gasteiger partial charge in [0.05, 0.1) is 5.76 Å². The molecule has 0 spiro atoms. The second-order valence-corrected chi connectivity index (χ2v) is 8.90. The predicted molar refractivity (Wildman–Crippen MR) is 140 cm³/mol. The van der Waals surface area contributed by atoms with Crippen molar-refractivity contribution in [3.05, 3.63) is 113 Å². The molecular formula is C31H31NO4. The summed E-state index contributed by atoms with van der Waals surface area (Å²) in [6, 6.07) is 5.76. The fourth-order valence-electron chi connectivity index (χ4n) is 4.23. The summed E-state index contributed by atoms with van der Waals surface area (Å²) < 4.78 is 11.4. The summed E-state index contributed by atoms with van der Waals surface area (Å²) in [5.74, 6) is 7.29. The van der Waals surface area contributed by atoms with Crippen molar-refractivity contribution in [2.75, 3.05) is 13.2 Å². The summed E-state index contributed by atoms with van der Waals surface area (Å²) in [7, 11) is 0. The zero-order valence-electron chi connectivity index (χ0n) is 20.5. The van der Waals surface area contributed by atoms with Crippen molar-refractivity contribution in [2.45, 2.75) is 32.6 Å². The molecule has 36 heavy (non-hydrogen) atoms. The van der Waals surface area contributed by atoms with Gasteiger partial charge in [-0.25, -0.2) is 9.78 Å². The number of hydrogen-bond acceptors (Lipinski definition) is 4. The van der Waals surface area contributed by atoms with Crippen LogP contribution in [0.15, 0.2) is 107 Å². The van der Waals surface area contributed by atoms with Crippen LogP contribution in [-0.2, 0) is 14.3 Å². The molecule has 0 aliphatic heterocycles. The van der Waals surface area contributed by atoms with Gasteiger partial charge in [0.25, 0.3) is 0 Å². The molecule has 1 N–H and O–H groups in total. The minimum absolute atomic E-state index is 0.0740. The molecule has 1 heterocycles. The normalized spacial score (nSPS) is 21.3. The minimum Gasteiger partial charge on any atom is -0.494 e. The largest absolute Gasteiger partial charge is 0.494 e. The molecule has 1 aromatic heterocycles. The molecule has 0 fully saturated rings. The van der Waals surface area contributed by atoms with Gasteiger partial charge in [0.15, 0.2) is 6.61 Å². The molecule has 1 aromatic rings. The number of carbonyl (C=O) groups is 1. The third kappa shape index (κ3) is 7.23. The Balaban J connectivity index is 1.42. The van der Waals surface area contributed by atoms with Crippen LogP contribution < -0.4 is 0 Å². The van der Waals surface area contributed by atoms with Crippen LogP contribution in [0, 0.1) is 23.7 Å². The van der Waals surface area contributed by atoms with Crippen molar-refractivity contribution in [1.29, 1.82) is 0 Å². The number of pyridine rings is 1. The molecule has 5 nitrogen and oxygen atoms in total. The average Bonchev–Trinajstić information content (AvgIpc) is 2.91. The van der Waals surface area contributed by atoms with Crippen molar-refractivity contribution in [1.82, 2.24) is 4.98 Å². The van der Waals surface area contributed by atoms with E-state index >= 15 is 0 Å². The van der Waals surface area contributed by atoms with Crippen LogP contribution in [0.2, 0.25) is 0 Å². The number of nitrogens with zero attached hydrogens (tertiary/aromatic N) is 1. The van der Waals surface area contributed by atoms with Crippen LogP contribution in [0.5, 0.6) is 0 Å². The van der Waals surface area contributed by atoms with E-state index in [0.29, 0.717) is 18.8 Å². The van der Waals surface area contributed by atoms with Gasteiger partial charge in [-0.2, -0.15) is 0 Å². The summed E-state index contributed by atoms with van der Waals surface area (Å²) in [6.07, 6.45) is 24.5. The lowest BCUT2D eigenvalue weighted by Crippen LogP contribution is -2.14. The van der Waals surface area contributed by atoms with Gasteiger partial charge in [0, 0.05) is 24.5 Å². The molecule has 0 unspecified atom stereocenters. The molecule has 0 saturated carbocycles. The molecule has 0 saturated heterocycles. The summed E-state index contributed by atoms with van der Waals surface area (Å²) >= 11 is 0. The van der Waals surface area contributed by atoms with Gasteiger partial charge in [-0.15, -0.1) is 0 Å². The van der Waals surface area contributed by atoms with Crippen molar-refractivity contribution < 1.29 is 19.4 Å². The zero-order valence-corrected chi connectivity index (χ0v) is 20.5. The van der Waals surface area contributed by atoms with Gasteiger partial charge in [-0.05, 0) is 72.3 Å². The Hall–Kier alpha value is -4.04. The lowest BCUT2D eigenvalue weighted by molar-refractivity contribution is -0.141. The van der Waals surface area contributed by atoms with Crippen LogP contribution >= 0.6 is 0 Å². The molecule has 184 valence electrons. The zero-order chi connectivity index (χ0) is 25.2. The smallest absolute Gasteiger partial charge is 0.341 e. The highest BCUT2D eigenvalue weighted by atomic mass is 16.5. The molecule has 3 aliphatic carbocycles. The van der Waals surface area contributed by atoms with Crippen LogP contribution in [-0.4, -0.2) is 29.3 Å². The Bertz CT molecular complexity index is 1230. The van der Waals surface area contributed by atoms with E-state index in [1.165, 1.54) is 16.7 Å². The van der Waals surface area contributed by atoms with Crippen LogP contribution in [0.3, 0.4) is 0 Å². The number of aromatic nitrogens is 1. The highest BCUT2D eigenvalue weighted by Crippen LogP contribution is 2.30. The molecule has 0 aromatic carbocycles. The summed E-state index contributed by atoms with van der Waals surface area (Å²) in [4.78, 5) is 15.0. The first kappa shape index (κ1) is 25.1. The third-order valence-electron chi connectivity index (χ3n) is 6.11. The number of hydrogen-bond donors (Lipinski definition) is 1. The van der Waals surface area contributed by atoms with Crippen molar-refractivity contribution in [3.63, 3.8) is 0 Å². The number of ether oxygens (including phenoxy) is 2. The van der Waals surface area contributed by atoms with E-state index in [-0.39, 0.29) is 18.4 Å². The lowest BCUT2D eigenvalue weighted by Gasteiger charge is -2.22. The van der Waals surface area contributed by atoms with Gasteiger partial charge >= 0.3 is 5.97 Å². The summed E-state index contributed by atoms with van der Waals surface area (Å²) in [5, 5.41) is 8.83. The van der Waals surface area contributed by atoms with E-state index in [9.17, 15) is 4.79 Å². The van der Waals surface area contributed by atoms with Crippen LogP contribution in [0.25, 0.3) is 0 Å². The first-order chi connectivity index (χ1) is 17.6. The van der Waals surface area contributed by atoms with E-state index in [2.05, 4.69) is 59.4 Å². The first-order valence-corrected chi connectivity index (χ1v) is 12.3. The Morgan fingerprint density at radius 1 is 1.17 bits per heavy atom. The first-order valence-electron chi connectivity index (χ1n) is 12.3. The average molecular weight is 482 g/mol. The Kier molecular flexibility index (Phi) is 8.77. The van der Waals surface area contributed by atoms with Crippen molar-refractivity contribution in [3.8, 4) is 11.8 Å². The van der Waals surface area contributed by atoms with Gasteiger partial charge < -0.3 is 14.6 Å². The van der Waals surface area contributed by atoms with Gasteiger partial charge in [0.2, 0.25) is 0 Å². The van der Waals surface area contributed by atoms with E-state index in [1.807, 2.05) is 37.3 Å². The third-order valence-corrected chi connectivity index (χ3v) is 6.11. The molecule has 0 radical (unpaired) electrons. The molecule has 3 aliphatic rings. The maximum Gasteiger partial charge on any atom is 0.341 e. The maximum atomic E-state index is 10.8. The molecule has 4 rings (SSSR count). The monoisotopic (exact) mass is 481 g/mol. The van der Waals surface area contributed by atoms with Crippen LogP contribution in [0.4, 0.5) is 0 Å². The SMILES string of the molecule is C[C@H]1CC(OC/C=C(\C2=CCCC=C2)C2=CC[C@@H](C#Cc3ccccn3)C=C2)=CC=C1OCC(=O)O. The fraction of sp³-hybridized carbons (Fsp3) is 0.290. The fourth-order valence-corrected chi connectivity index (χ4v) is 4.23. The number of carboxylic acid groups (broad SMARTS) is 1. The summed E-state index contributed by atoms with van der Waals surface area (Å²) in [6.45, 7) is 2.13. The lowest BCUT2D eigenvalue weighted by atomic mass is 9.88. The molecule has 0 bridgehead atoms. The van der Waals surface area contributed by atoms with E-state index in [0.717, 1.165) is 30.7 Å². The number of aliphatic carboxylic acids is 1. The number of carboxylic acids is 1. The van der Waals surface area contributed by atoms with Crippen molar-refractivity contribution in [2.24, 2.45) is 11.8 Å². The van der Waals surface area contributed by atoms with Crippen molar-refractivity contribution >= 4 is 5.97 Å². The Labute approximate surface area is 212 Å². The Morgan fingerprint density at radius 3 is 2.75 bits per heavy atom. The predicted octanol–water partition coefficient (Wildman–Crippen LogP) is 6.06. The molecule has 0 amide bonds. The minimum atomic E-state index is -0.976. The van der Waals surface area contributed by atoms with Gasteiger partial charge in [-0.3, -0.25) is 0 Å². The van der Waals surface area contributed by atoms with Crippen LogP contribution in [0.1, 0.15) is 38.3 Å². The topological polar surface area (TPSA) is 68.7 Å². The highest BCUT2D eigenvalue weighted by molar-refractivity contribution is 5.68.